The van der Waals surface area contributed by atoms with E-state index < -0.39 is 40.9 Å². The van der Waals surface area contributed by atoms with E-state index in [-0.39, 0.29) is 60.6 Å². The van der Waals surface area contributed by atoms with Crippen molar-refractivity contribution < 1.29 is 41.4 Å². The summed E-state index contributed by atoms with van der Waals surface area (Å²) in [7, 11) is 4.62. The number of alkyl halides is 1. The normalized spacial score (nSPS) is 17.8. The maximum absolute atomic E-state index is 16.0. The molecular formula is C41H51F4N7O5S. The Morgan fingerprint density at radius 1 is 0.983 bits per heavy atom. The van der Waals surface area contributed by atoms with Crippen LogP contribution in [0.5, 0.6) is 6.01 Å². The molecule has 2 atom stereocenters. The van der Waals surface area contributed by atoms with Crippen LogP contribution in [0.15, 0.2) is 18.2 Å². The Labute approximate surface area is 340 Å². The summed E-state index contributed by atoms with van der Waals surface area (Å²) in [6.45, 7) is 14.2. The van der Waals surface area contributed by atoms with Crippen LogP contribution in [0.4, 0.5) is 38.0 Å². The van der Waals surface area contributed by atoms with Gasteiger partial charge in [-0.25, -0.2) is 27.2 Å². The number of aromatic nitrogens is 2. The first-order chi connectivity index (χ1) is 27.2. The second-order valence-electron chi connectivity index (χ2n) is 16.5. The molecule has 3 aliphatic rings. The zero-order valence-corrected chi connectivity index (χ0v) is 35.2. The molecule has 0 radical (unpaired) electrons. The number of amides is 2. The number of benzene rings is 2. The van der Waals surface area contributed by atoms with Crippen molar-refractivity contribution in [2.45, 2.75) is 97.1 Å². The molecule has 2 aromatic heterocycles. The van der Waals surface area contributed by atoms with E-state index in [4.69, 9.17) is 14.2 Å². The third-order valence-electron chi connectivity index (χ3n) is 9.45. The lowest BCUT2D eigenvalue weighted by Gasteiger charge is -2.23. The predicted octanol–water partition coefficient (Wildman–Crippen LogP) is 9.43. The van der Waals surface area contributed by atoms with Crippen LogP contribution < -0.4 is 15.0 Å². The Kier molecular flexibility index (Phi) is 13.6. The van der Waals surface area contributed by atoms with Crippen LogP contribution in [0.3, 0.4) is 0 Å². The number of hydrogen-bond donors (Lipinski definition) is 1. The number of rotatable bonds is 4. The molecule has 3 saturated heterocycles. The van der Waals surface area contributed by atoms with Crippen molar-refractivity contribution in [1.82, 2.24) is 19.8 Å². The Balaban J connectivity index is 0.000000245. The summed E-state index contributed by atoms with van der Waals surface area (Å²) in [5, 5.41) is 12.4. The molecule has 2 unspecified atom stereocenters. The maximum atomic E-state index is 16.0. The highest BCUT2D eigenvalue weighted by Crippen LogP contribution is 2.45. The third-order valence-corrected chi connectivity index (χ3v) is 10.6. The van der Waals surface area contributed by atoms with E-state index >= 15 is 8.78 Å². The SMILES string of the molecule is CC(C)(C)OC(=O)N1CCCC1.COc1nc(N(C)C)c2cc(F)c(-c3ccc(F)c4sc(NC(=O)OC(C)(C)C)c(C#N)c34)c(F)c2n1.FC1CC2CCCN2C1. The molecule has 0 aliphatic carbocycles. The summed E-state index contributed by atoms with van der Waals surface area (Å²) in [6.07, 6.45) is 4.01. The number of halogens is 4. The minimum absolute atomic E-state index is 0.0152. The number of nitrogens with one attached hydrogen (secondary N) is 1. The van der Waals surface area contributed by atoms with Crippen LogP contribution in [0.25, 0.3) is 32.1 Å². The Morgan fingerprint density at radius 3 is 2.24 bits per heavy atom. The van der Waals surface area contributed by atoms with Crippen molar-refractivity contribution in [2.24, 2.45) is 0 Å². The molecule has 1 N–H and O–H groups in total. The number of thiophene rings is 1. The van der Waals surface area contributed by atoms with Crippen molar-refractivity contribution in [1.29, 1.82) is 5.26 Å². The first kappa shape index (κ1) is 44.2. The summed E-state index contributed by atoms with van der Waals surface area (Å²) in [4.78, 5) is 37.5. The van der Waals surface area contributed by atoms with Crippen LogP contribution >= 0.6 is 11.3 Å². The van der Waals surface area contributed by atoms with E-state index in [2.05, 4.69) is 20.2 Å². The number of carbonyl (C=O) groups is 2. The molecule has 7 rings (SSSR count). The van der Waals surface area contributed by atoms with E-state index in [9.17, 15) is 23.6 Å². The van der Waals surface area contributed by atoms with Gasteiger partial charge in [-0.3, -0.25) is 10.2 Å². The van der Waals surface area contributed by atoms with Crippen molar-refractivity contribution in [3.63, 3.8) is 0 Å². The first-order valence-electron chi connectivity index (χ1n) is 19.1. The fourth-order valence-corrected chi connectivity index (χ4v) is 8.13. The van der Waals surface area contributed by atoms with Gasteiger partial charge >= 0.3 is 18.2 Å². The molecule has 3 fully saturated rings. The molecule has 12 nitrogen and oxygen atoms in total. The fraction of sp³-hybridized carbons (Fsp3) is 0.537. The minimum Gasteiger partial charge on any atom is -0.467 e. The molecule has 3 aliphatic heterocycles. The molecule has 4 aromatic rings. The largest absolute Gasteiger partial charge is 0.467 e. The highest BCUT2D eigenvalue weighted by Gasteiger charge is 2.35. The third kappa shape index (κ3) is 10.4. The van der Waals surface area contributed by atoms with Gasteiger partial charge in [0.05, 0.1) is 22.9 Å². The van der Waals surface area contributed by atoms with Gasteiger partial charge in [-0.15, -0.1) is 11.3 Å². The van der Waals surface area contributed by atoms with E-state index in [0.29, 0.717) is 12.6 Å². The molecule has 0 saturated carbocycles. The van der Waals surface area contributed by atoms with Gasteiger partial charge in [0.1, 0.15) is 51.4 Å². The molecule has 58 heavy (non-hydrogen) atoms. The number of fused-ring (bicyclic) bond motifs is 3. The standard InChI is InChI=1S/C25H22F3N5O3S.C9H17NO2.C7H12FN/c1-25(2,3)36-24(34)32-22-13(10-29)16-11(7-8-14(26)20(16)37-22)17-15(27)9-12-19(18(17)28)30-23(35-6)31-21(12)33(4)5;1-9(2,3)12-8(11)10-6-4-5-7-10;8-6-4-7-2-1-3-9(7)5-6/h7-9H,1-6H3,(H,32,34);4-7H2,1-3H3;6-7H,1-5H2. The number of ether oxygens (including phenoxy) is 3. The van der Waals surface area contributed by atoms with Crippen LogP contribution in [0, 0.1) is 28.8 Å². The first-order valence-corrected chi connectivity index (χ1v) is 20.0. The number of hydrogen-bond acceptors (Lipinski definition) is 11. The zero-order valence-electron chi connectivity index (χ0n) is 34.4. The van der Waals surface area contributed by atoms with Gasteiger partial charge in [-0.05, 0) is 97.9 Å². The van der Waals surface area contributed by atoms with Gasteiger partial charge in [-0.2, -0.15) is 15.2 Å². The number of nitrogens with zero attached hydrogens (tertiary/aromatic N) is 6. The van der Waals surface area contributed by atoms with Gasteiger partial charge in [0.2, 0.25) is 0 Å². The second-order valence-corrected chi connectivity index (χ2v) is 17.5. The van der Waals surface area contributed by atoms with Crippen LogP contribution in [0.2, 0.25) is 0 Å². The van der Waals surface area contributed by atoms with Crippen LogP contribution in [-0.2, 0) is 9.47 Å². The molecule has 5 heterocycles. The Morgan fingerprint density at radius 2 is 1.66 bits per heavy atom. The Hall–Kier alpha value is -4.95. The smallest absolute Gasteiger partial charge is 0.412 e. The molecular weight excluding hydrogens is 779 g/mol. The number of likely N-dealkylation sites (tertiary alicyclic amines) is 1. The lowest BCUT2D eigenvalue weighted by atomic mass is 9.96. The maximum Gasteiger partial charge on any atom is 0.412 e. The van der Waals surface area contributed by atoms with Crippen molar-refractivity contribution in [3.8, 4) is 23.2 Å². The number of nitriles is 1. The molecule has 0 spiro atoms. The van der Waals surface area contributed by atoms with Crippen molar-refractivity contribution in [2.75, 3.05) is 57.6 Å². The topological polar surface area (TPSA) is 133 Å². The van der Waals surface area contributed by atoms with Gasteiger partial charge in [0.15, 0.2) is 5.82 Å². The average Bonchev–Trinajstić information content (AvgIpc) is 3.93. The lowest BCUT2D eigenvalue weighted by molar-refractivity contribution is 0.0294. The molecule has 17 heteroatoms. The molecule has 0 bridgehead atoms. The number of methoxy groups -OCH3 is 1. The van der Waals surface area contributed by atoms with E-state index in [0.717, 1.165) is 62.4 Å². The number of anilines is 2. The van der Waals surface area contributed by atoms with Crippen molar-refractivity contribution >= 4 is 55.3 Å². The van der Waals surface area contributed by atoms with Crippen LogP contribution in [0.1, 0.15) is 79.2 Å². The highest BCUT2D eigenvalue weighted by molar-refractivity contribution is 7.23. The monoisotopic (exact) mass is 829 g/mol. The average molecular weight is 830 g/mol. The lowest BCUT2D eigenvalue weighted by Crippen LogP contribution is -2.34. The van der Waals surface area contributed by atoms with E-state index in [1.54, 1.807) is 44.7 Å². The van der Waals surface area contributed by atoms with Gasteiger partial charge in [0.25, 0.3) is 0 Å². The van der Waals surface area contributed by atoms with E-state index in [1.807, 2.05) is 26.8 Å². The highest BCUT2D eigenvalue weighted by atomic mass is 32.1. The van der Waals surface area contributed by atoms with Crippen molar-refractivity contribution in [3.05, 3.63) is 41.2 Å². The summed E-state index contributed by atoms with van der Waals surface area (Å²) in [5.41, 5.74) is -2.16. The van der Waals surface area contributed by atoms with Crippen LogP contribution in [-0.4, -0.2) is 103 Å². The molecule has 2 amide bonds. The summed E-state index contributed by atoms with van der Waals surface area (Å²) in [5.74, 6) is -2.50. The van der Waals surface area contributed by atoms with E-state index in [1.165, 1.54) is 26.0 Å². The Bertz CT molecular complexity index is 2180. The summed E-state index contributed by atoms with van der Waals surface area (Å²) >= 11 is 0.759. The predicted molar refractivity (Wildman–Crippen MR) is 217 cm³/mol. The zero-order chi connectivity index (χ0) is 42.7. The second kappa shape index (κ2) is 17.9. The van der Waals surface area contributed by atoms with Gasteiger partial charge in [-0.1, -0.05) is 6.07 Å². The molecule has 2 aromatic carbocycles. The van der Waals surface area contributed by atoms with Gasteiger partial charge in [0, 0.05) is 50.5 Å². The number of carbonyl (C=O) groups excluding carboxylic acids is 2. The minimum atomic E-state index is -1.04. The summed E-state index contributed by atoms with van der Waals surface area (Å²) < 4.78 is 74.4. The summed E-state index contributed by atoms with van der Waals surface area (Å²) in [6, 6.07) is 5.70. The molecule has 314 valence electrons. The quantitative estimate of drug-likeness (QED) is 0.198. The van der Waals surface area contributed by atoms with Gasteiger partial charge < -0.3 is 24.0 Å². The fourth-order valence-electron chi connectivity index (χ4n) is 7.06.